The number of carbonyl (C=O) groups is 1. The molecule has 0 fully saturated rings. The summed E-state index contributed by atoms with van der Waals surface area (Å²) < 4.78 is 0. The fourth-order valence-electron chi connectivity index (χ4n) is 2.34. The van der Waals surface area contributed by atoms with Gasteiger partial charge in [0.25, 0.3) is 0 Å². The third-order valence-electron chi connectivity index (χ3n) is 3.48. The Balaban J connectivity index is 1.87. The van der Waals surface area contributed by atoms with Gasteiger partial charge in [-0.3, -0.25) is 4.79 Å². The summed E-state index contributed by atoms with van der Waals surface area (Å²) in [7, 11) is 0. The van der Waals surface area contributed by atoms with Crippen molar-refractivity contribution in [2.24, 2.45) is 0 Å². The van der Waals surface area contributed by atoms with Gasteiger partial charge in [-0.1, -0.05) is 36.4 Å². The highest BCUT2D eigenvalue weighted by Crippen LogP contribution is 2.22. The molecule has 1 heterocycles. The van der Waals surface area contributed by atoms with Crippen LogP contribution in [0.2, 0.25) is 0 Å². The Hall–Kier alpha value is -1.28. The molecule has 2 nitrogen and oxygen atoms in total. The zero-order valence-corrected chi connectivity index (χ0v) is 11.9. The molecule has 1 aromatic rings. The summed E-state index contributed by atoms with van der Waals surface area (Å²) in [5, 5.41) is 0. The van der Waals surface area contributed by atoms with Crippen molar-refractivity contribution in [3.63, 3.8) is 0 Å². The van der Waals surface area contributed by atoms with Crippen LogP contribution in [0, 0.1) is 0 Å². The van der Waals surface area contributed by atoms with Gasteiger partial charge in [0, 0.05) is 25.4 Å². The Kier molecular flexibility index (Phi) is 5.46. The van der Waals surface area contributed by atoms with Crippen LogP contribution in [0.15, 0.2) is 36.4 Å². The first-order valence-electron chi connectivity index (χ1n) is 6.89. The molecule has 1 aliphatic rings. The molecule has 0 radical (unpaired) electrons. The lowest BCUT2D eigenvalue weighted by Gasteiger charge is -2.26. The normalized spacial score (nSPS) is 15.2. The van der Waals surface area contributed by atoms with E-state index >= 15 is 0 Å². The highest BCUT2D eigenvalue weighted by Gasteiger charge is 2.17. The van der Waals surface area contributed by atoms with E-state index < -0.39 is 0 Å². The van der Waals surface area contributed by atoms with E-state index in [-0.39, 0.29) is 5.91 Å². The number of halogens is 1. The molecule has 0 atom stereocenters. The van der Waals surface area contributed by atoms with E-state index in [1.165, 1.54) is 11.1 Å². The number of hydrogen-bond acceptors (Lipinski definition) is 1. The molecule has 0 aromatic heterocycles. The molecular formula is C16H20ClNO. The lowest BCUT2D eigenvalue weighted by Crippen LogP contribution is -2.34. The van der Waals surface area contributed by atoms with Gasteiger partial charge in [-0.2, -0.15) is 0 Å². The summed E-state index contributed by atoms with van der Waals surface area (Å²) >= 11 is 5.62. The molecule has 102 valence electrons. The SMILES string of the molecule is O=C(CCCCCl)N1CC=C(c2ccccc2)CC1. The van der Waals surface area contributed by atoms with Crippen molar-refractivity contribution in [2.45, 2.75) is 25.7 Å². The van der Waals surface area contributed by atoms with Crippen molar-refractivity contribution in [1.82, 2.24) is 4.90 Å². The predicted molar refractivity (Wildman–Crippen MR) is 80.2 cm³/mol. The van der Waals surface area contributed by atoms with E-state index in [9.17, 15) is 4.79 Å². The smallest absolute Gasteiger partial charge is 0.222 e. The third-order valence-corrected chi connectivity index (χ3v) is 3.75. The summed E-state index contributed by atoms with van der Waals surface area (Å²) in [6, 6.07) is 10.4. The van der Waals surface area contributed by atoms with Gasteiger partial charge in [-0.05, 0) is 30.4 Å². The topological polar surface area (TPSA) is 20.3 Å². The van der Waals surface area contributed by atoms with Crippen LogP contribution in [0.5, 0.6) is 0 Å². The van der Waals surface area contributed by atoms with E-state index in [0.717, 1.165) is 32.4 Å². The second kappa shape index (κ2) is 7.34. The molecule has 1 aromatic carbocycles. The Bertz CT molecular complexity index is 441. The first kappa shape index (κ1) is 14.1. The minimum Gasteiger partial charge on any atom is -0.339 e. The second-order valence-corrected chi connectivity index (χ2v) is 5.21. The molecule has 2 rings (SSSR count). The van der Waals surface area contributed by atoms with Crippen LogP contribution in [0.4, 0.5) is 0 Å². The number of carbonyl (C=O) groups excluding carboxylic acids is 1. The van der Waals surface area contributed by atoms with Gasteiger partial charge in [0.1, 0.15) is 0 Å². The summed E-state index contributed by atoms with van der Waals surface area (Å²) in [6.07, 6.45) is 5.57. The van der Waals surface area contributed by atoms with E-state index in [1.807, 2.05) is 11.0 Å². The molecule has 1 aliphatic heterocycles. The van der Waals surface area contributed by atoms with Crippen molar-refractivity contribution in [3.05, 3.63) is 42.0 Å². The number of hydrogen-bond donors (Lipinski definition) is 0. The van der Waals surface area contributed by atoms with Crippen LogP contribution in [0.3, 0.4) is 0 Å². The molecule has 0 spiro atoms. The van der Waals surface area contributed by atoms with Crippen LogP contribution in [0.25, 0.3) is 5.57 Å². The first-order chi connectivity index (χ1) is 9.31. The van der Waals surface area contributed by atoms with Crippen LogP contribution in [-0.4, -0.2) is 29.8 Å². The van der Waals surface area contributed by atoms with Crippen molar-refractivity contribution in [2.75, 3.05) is 19.0 Å². The van der Waals surface area contributed by atoms with E-state index in [4.69, 9.17) is 11.6 Å². The fourth-order valence-corrected chi connectivity index (χ4v) is 2.53. The molecule has 0 saturated carbocycles. The molecule has 0 bridgehead atoms. The minimum atomic E-state index is 0.258. The molecule has 0 N–H and O–H groups in total. The number of nitrogens with zero attached hydrogens (tertiary/aromatic N) is 1. The molecule has 0 aliphatic carbocycles. The maximum Gasteiger partial charge on any atom is 0.222 e. The van der Waals surface area contributed by atoms with Gasteiger partial charge in [0.2, 0.25) is 5.91 Å². The van der Waals surface area contributed by atoms with Crippen molar-refractivity contribution < 1.29 is 4.79 Å². The van der Waals surface area contributed by atoms with Crippen molar-refractivity contribution >= 4 is 23.1 Å². The first-order valence-corrected chi connectivity index (χ1v) is 7.43. The molecule has 0 unspecified atom stereocenters. The molecule has 19 heavy (non-hydrogen) atoms. The van der Waals surface area contributed by atoms with Gasteiger partial charge >= 0.3 is 0 Å². The zero-order valence-electron chi connectivity index (χ0n) is 11.1. The monoisotopic (exact) mass is 277 g/mol. The summed E-state index contributed by atoms with van der Waals surface area (Å²) in [5.74, 6) is 0.902. The van der Waals surface area contributed by atoms with Crippen molar-refractivity contribution in [1.29, 1.82) is 0 Å². The number of amides is 1. The molecule has 1 amide bonds. The summed E-state index contributed by atoms with van der Waals surface area (Å²) in [6.45, 7) is 1.57. The van der Waals surface area contributed by atoms with Crippen LogP contribution in [0.1, 0.15) is 31.2 Å². The maximum absolute atomic E-state index is 12.0. The Morgan fingerprint density at radius 2 is 2.00 bits per heavy atom. The fraction of sp³-hybridized carbons (Fsp3) is 0.438. The van der Waals surface area contributed by atoms with Gasteiger partial charge < -0.3 is 4.90 Å². The highest BCUT2D eigenvalue weighted by molar-refractivity contribution is 6.17. The van der Waals surface area contributed by atoms with Gasteiger partial charge in [-0.25, -0.2) is 0 Å². The van der Waals surface area contributed by atoms with E-state index in [1.54, 1.807) is 0 Å². The average Bonchev–Trinajstić information content (AvgIpc) is 2.48. The quantitative estimate of drug-likeness (QED) is 0.593. The van der Waals surface area contributed by atoms with Crippen molar-refractivity contribution in [3.8, 4) is 0 Å². The minimum absolute atomic E-state index is 0.258. The van der Waals surface area contributed by atoms with Crippen LogP contribution < -0.4 is 0 Å². The van der Waals surface area contributed by atoms with Gasteiger partial charge in [0.15, 0.2) is 0 Å². The maximum atomic E-state index is 12.0. The highest BCUT2D eigenvalue weighted by atomic mass is 35.5. The number of unbranched alkanes of at least 4 members (excludes halogenated alkanes) is 1. The Labute approximate surface area is 120 Å². The number of rotatable bonds is 5. The number of benzene rings is 1. The standard InChI is InChI=1S/C16H20ClNO/c17-11-5-4-8-16(19)18-12-9-15(10-13-18)14-6-2-1-3-7-14/h1-3,6-7,9H,4-5,8,10-13H2. The summed E-state index contributed by atoms with van der Waals surface area (Å²) in [4.78, 5) is 13.9. The average molecular weight is 278 g/mol. The lowest BCUT2D eigenvalue weighted by molar-refractivity contribution is -0.130. The largest absolute Gasteiger partial charge is 0.339 e. The number of alkyl halides is 1. The molecule has 0 saturated heterocycles. The van der Waals surface area contributed by atoms with E-state index in [0.29, 0.717) is 12.3 Å². The van der Waals surface area contributed by atoms with Gasteiger partial charge in [0.05, 0.1) is 0 Å². The Morgan fingerprint density at radius 3 is 2.63 bits per heavy atom. The summed E-state index contributed by atoms with van der Waals surface area (Å²) in [5.41, 5.74) is 2.63. The van der Waals surface area contributed by atoms with Gasteiger partial charge in [-0.15, -0.1) is 11.6 Å². The van der Waals surface area contributed by atoms with E-state index in [2.05, 4.69) is 30.3 Å². The zero-order chi connectivity index (χ0) is 13.5. The van der Waals surface area contributed by atoms with Crippen LogP contribution in [-0.2, 0) is 4.79 Å². The Morgan fingerprint density at radius 1 is 1.21 bits per heavy atom. The molecule has 3 heteroatoms. The second-order valence-electron chi connectivity index (χ2n) is 4.83. The lowest BCUT2D eigenvalue weighted by atomic mass is 9.99. The third kappa shape index (κ3) is 4.10. The predicted octanol–water partition coefficient (Wildman–Crippen LogP) is 3.71. The molecular weight excluding hydrogens is 258 g/mol. The van der Waals surface area contributed by atoms with Crippen LogP contribution >= 0.6 is 11.6 Å².